The highest BCUT2D eigenvalue weighted by molar-refractivity contribution is 7.93. The first-order chi connectivity index (χ1) is 17.6. The van der Waals surface area contributed by atoms with Gasteiger partial charge in [-0.1, -0.05) is 43.3 Å². The molecule has 1 aliphatic rings. The van der Waals surface area contributed by atoms with E-state index in [-0.39, 0.29) is 54.5 Å². The Balaban J connectivity index is 1.49. The number of carbonyl (C=O) groups excluding carboxylic acids is 2. The third-order valence-electron chi connectivity index (χ3n) is 6.87. The predicted molar refractivity (Wildman–Crippen MR) is 142 cm³/mol. The molecule has 1 aliphatic heterocycles. The minimum absolute atomic E-state index is 0.0394. The van der Waals surface area contributed by atoms with E-state index in [1.54, 1.807) is 37.3 Å². The van der Waals surface area contributed by atoms with Gasteiger partial charge in [0.05, 0.1) is 10.6 Å². The summed E-state index contributed by atoms with van der Waals surface area (Å²) in [6.45, 7) is 5.80. The van der Waals surface area contributed by atoms with E-state index in [0.717, 1.165) is 11.8 Å². The van der Waals surface area contributed by atoms with Gasteiger partial charge in [0.2, 0.25) is 11.8 Å². The second kappa shape index (κ2) is 10.9. The lowest BCUT2D eigenvalue weighted by Gasteiger charge is -2.30. The minimum Gasteiger partial charge on any atom is -0.352 e. The number of sulfonamides is 1. The molecule has 3 aromatic rings. The molecule has 1 heterocycles. The van der Waals surface area contributed by atoms with Crippen molar-refractivity contribution in [3.63, 3.8) is 0 Å². The molecule has 0 saturated heterocycles. The second-order valence-electron chi connectivity index (χ2n) is 9.45. The average Bonchev–Trinajstić information content (AvgIpc) is 3.10. The van der Waals surface area contributed by atoms with Crippen molar-refractivity contribution < 1.29 is 22.4 Å². The van der Waals surface area contributed by atoms with Gasteiger partial charge in [0.25, 0.3) is 10.0 Å². The maximum absolute atomic E-state index is 13.4. The highest BCUT2D eigenvalue weighted by Gasteiger charge is 2.35. The molecule has 0 saturated carbocycles. The van der Waals surface area contributed by atoms with Gasteiger partial charge in [0.15, 0.2) is 0 Å². The summed E-state index contributed by atoms with van der Waals surface area (Å²) in [6.07, 6.45) is 1.09. The lowest BCUT2D eigenvalue weighted by atomic mass is 10.1. The molecule has 0 fully saturated rings. The zero-order valence-electron chi connectivity index (χ0n) is 21.3. The largest absolute Gasteiger partial charge is 0.352 e. The van der Waals surface area contributed by atoms with Gasteiger partial charge in [-0.05, 0) is 61.9 Å². The topological polar surface area (TPSA) is 86.8 Å². The maximum Gasteiger partial charge on any atom is 0.265 e. The van der Waals surface area contributed by atoms with Crippen molar-refractivity contribution in [1.29, 1.82) is 0 Å². The fraction of sp³-hybridized carbons (Fsp3) is 0.357. The van der Waals surface area contributed by atoms with E-state index in [1.807, 2.05) is 32.0 Å². The van der Waals surface area contributed by atoms with E-state index in [4.69, 9.17) is 0 Å². The molecule has 2 amide bonds. The molecule has 196 valence electrons. The van der Waals surface area contributed by atoms with E-state index in [2.05, 4.69) is 5.32 Å². The first-order valence-electron chi connectivity index (χ1n) is 12.5. The smallest absolute Gasteiger partial charge is 0.265 e. The van der Waals surface area contributed by atoms with Crippen LogP contribution in [0.1, 0.15) is 45.6 Å². The van der Waals surface area contributed by atoms with Crippen molar-refractivity contribution in [3.05, 3.63) is 72.0 Å². The average molecular weight is 526 g/mol. The Kier molecular flexibility index (Phi) is 7.82. The number of halogens is 1. The summed E-state index contributed by atoms with van der Waals surface area (Å²) in [4.78, 5) is 28.0. The fourth-order valence-electron chi connectivity index (χ4n) is 4.55. The fourth-order valence-corrected chi connectivity index (χ4v) is 6.30. The molecule has 1 N–H and O–H groups in total. The molecule has 0 aliphatic carbocycles. The highest BCUT2D eigenvalue weighted by atomic mass is 32.2. The first kappa shape index (κ1) is 26.6. The van der Waals surface area contributed by atoms with Crippen molar-refractivity contribution in [3.8, 4) is 0 Å². The summed E-state index contributed by atoms with van der Waals surface area (Å²) in [6, 6.07) is 15.7. The molecule has 0 radical (unpaired) electrons. The number of anilines is 1. The summed E-state index contributed by atoms with van der Waals surface area (Å²) in [5, 5.41) is 4.46. The van der Waals surface area contributed by atoms with Crippen LogP contribution in [-0.4, -0.2) is 43.8 Å². The van der Waals surface area contributed by atoms with Crippen LogP contribution in [0.15, 0.2) is 65.6 Å². The van der Waals surface area contributed by atoms with Gasteiger partial charge >= 0.3 is 0 Å². The third-order valence-corrected chi connectivity index (χ3v) is 8.72. The van der Waals surface area contributed by atoms with Gasteiger partial charge in [-0.2, -0.15) is 0 Å². The van der Waals surface area contributed by atoms with Crippen LogP contribution in [0.4, 0.5) is 10.1 Å². The van der Waals surface area contributed by atoms with Crippen molar-refractivity contribution in [2.24, 2.45) is 0 Å². The molecule has 4 rings (SSSR count). The van der Waals surface area contributed by atoms with Crippen LogP contribution in [0.2, 0.25) is 0 Å². The Hall–Kier alpha value is -3.46. The van der Waals surface area contributed by atoms with Crippen molar-refractivity contribution in [2.45, 2.75) is 63.6 Å². The lowest BCUT2D eigenvalue weighted by molar-refractivity contribution is -0.140. The molecule has 0 bridgehead atoms. The van der Waals surface area contributed by atoms with E-state index >= 15 is 0 Å². The van der Waals surface area contributed by atoms with Crippen molar-refractivity contribution in [1.82, 2.24) is 10.2 Å². The van der Waals surface area contributed by atoms with Gasteiger partial charge in [0.1, 0.15) is 11.9 Å². The number of hydrogen-bond donors (Lipinski definition) is 1. The minimum atomic E-state index is -3.71. The molecule has 7 nitrogen and oxygen atoms in total. The van der Waals surface area contributed by atoms with Gasteiger partial charge < -0.3 is 10.2 Å². The van der Waals surface area contributed by atoms with Crippen molar-refractivity contribution in [2.75, 3.05) is 10.8 Å². The SMILES string of the molecule is CC[C@H](C)NC(=O)[C@@H](C)N(Cc1ccc(F)cc1)C(=O)CCCN1c2cccc3cccc(c23)S1(=O)=O. The molecule has 9 heteroatoms. The Bertz CT molecular complexity index is 1400. The molecule has 2 atom stereocenters. The molecular weight excluding hydrogens is 493 g/mol. The molecular formula is C28H32FN3O4S. The quantitative estimate of drug-likeness (QED) is 0.419. The summed E-state index contributed by atoms with van der Waals surface area (Å²) < 4.78 is 41.2. The highest BCUT2D eigenvalue weighted by Crippen LogP contribution is 2.42. The lowest BCUT2D eigenvalue weighted by Crippen LogP contribution is -2.49. The number of rotatable bonds is 10. The molecule has 3 aromatic carbocycles. The van der Waals surface area contributed by atoms with Gasteiger partial charge in [-0.15, -0.1) is 0 Å². The van der Waals surface area contributed by atoms with Crippen LogP contribution in [0.25, 0.3) is 10.8 Å². The summed E-state index contributed by atoms with van der Waals surface area (Å²) in [7, 11) is -3.71. The summed E-state index contributed by atoms with van der Waals surface area (Å²) in [5.41, 5.74) is 1.31. The number of amides is 2. The zero-order valence-corrected chi connectivity index (χ0v) is 22.1. The molecule has 37 heavy (non-hydrogen) atoms. The number of nitrogens with zero attached hydrogens (tertiary/aromatic N) is 2. The van der Waals surface area contributed by atoms with Crippen molar-refractivity contribution >= 4 is 38.3 Å². The Morgan fingerprint density at radius 2 is 1.70 bits per heavy atom. The molecule has 0 unspecified atom stereocenters. The number of nitrogens with one attached hydrogen (secondary N) is 1. The van der Waals surface area contributed by atoms with E-state index in [9.17, 15) is 22.4 Å². The number of carbonyl (C=O) groups is 2. The molecule has 0 spiro atoms. The normalized spacial score (nSPS) is 15.4. The van der Waals surface area contributed by atoms with Gasteiger partial charge in [-0.3, -0.25) is 13.9 Å². The van der Waals surface area contributed by atoms with Crippen LogP contribution in [0, 0.1) is 5.82 Å². The van der Waals surface area contributed by atoms with Crippen LogP contribution >= 0.6 is 0 Å². The van der Waals surface area contributed by atoms with Crippen LogP contribution in [-0.2, 0) is 26.2 Å². The monoisotopic (exact) mass is 525 g/mol. The van der Waals surface area contributed by atoms with Gasteiger partial charge in [-0.25, -0.2) is 12.8 Å². The maximum atomic E-state index is 13.4. The van der Waals surface area contributed by atoms with Crippen LogP contribution in [0.5, 0.6) is 0 Å². The van der Waals surface area contributed by atoms with Crippen LogP contribution < -0.4 is 9.62 Å². The second-order valence-corrected chi connectivity index (χ2v) is 11.3. The van der Waals surface area contributed by atoms with Crippen LogP contribution in [0.3, 0.4) is 0 Å². The Morgan fingerprint density at radius 3 is 2.38 bits per heavy atom. The summed E-state index contributed by atoms with van der Waals surface area (Å²) in [5.74, 6) is -0.926. The van der Waals surface area contributed by atoms with E-state index in [0.29, 0.717) is 16.6 Å². The number of benzene rings is 3. The first-order valence-corrected chi connectivity index (χ1v) is 14.0. The third kappa shape index (κ3) is 5.46. The van der Waals surface area contributed by atoms with E-state index < -0.39 is 16.1 Å². The zero-order chi connectivity index (χ0) is 26.7. The van der Waals surface area contributed by atoms with Gasteiger partial charge in [0, 0.05) is 30.9 Å². The Labute approximate surface area is 217 Å². The summed E-state index contributed by atoms with van der Waals surface area (Å²) >= 11 is 0. The van der Waals surface area contributed by atoms with E-state index in [1.165, 1.54) is 21.3 Å². The molecule has 0 aromatic heterocycles. The number of hydrogen-bond acceptors (Lipinski definition) is 4. The standard InChI is InChI=1S/C28H32FN3O4S/c1-4-19(2)30-28(34)20(3)31(18-21-13-15-23(29)16-14-21)26(33)12-7-17-32-24-10-5-8-22-9-6-11-25(27(22)24)37(32,35)36/h5-6,8-11,13-16,19-20H,4,7,12,17-18H2,1-3H3,(H,30,34)/t19-,20+/m0/s1. The Morgan fingerprint density at radius 1 is 1.03 bits per heavy atom. The predicted octanol–water partition coefficient (Wildman–Crippen LogP) is 4.60.